The summed E-state index contributed by atoms with van der Waals surface area (Å²) in [6.45, 7) is 5.34. The van der Waals surface area contributed by atoms with Crippen molar-refractivity contribution in [1.82, 2.24) is 0 Å². The summed E-state index contributed by atoms with van der Waals surface area (Å²) in [6.07, 6.45) is -0.275. The number of aliphatic hydroxyl groups excluding tert-OH is 1. The predicted molar refractivity (Wildman–Crippen MR) is 162 cm³/mol. The number of fused-ring (bicyclic) bond motifs is 2. The molecule has 2 amide bonds. The zero-order valence-corrected chi connectivity index (χ0v) is 26.1. The van der Waals surface area contributed by atoms with Crippen LogP contribution in [0.2, 0.25) is 18.6 Å². The summed E-state index contributed by atoms with van der Waals surface area (Å²) >= 11 is 3.54. The van der Waals surface area contributed by atoms with Crippen LogP contribution in [-0.4, -0.2) is 45.1 Å². The van der Waals surface area contributed by atoms with Gasteiger partial charge in [-0.05, 0) is 79.7 Å². The molecule has 2 aliphatic heterocycles. The highest BCUT2D eigenvalue weighted by molar-refractivity contribution is 9.10. The maximum Gasteiger partial charge on any atom is 0.264 e. The summed E-state index contributed by atoms with van der Waals surface area (Å²) in [4.78, 5) is 28.7. The van der Waals surface area contributed by atoms with Crippen LogP contribution in [0.25, 0.3) is 0 Å². The number of halogens is 2. The van der Waals surface area contributed by atoms with Crippen LogP contribution in [0.4, 0.5) is 15.5 Å². The molecule has 1 fully saturated rings. The Morgan fingerprint density at radius 3 is 2.44 bits per heavy atom. The first-order valence-corrected chi connectivity index (χ1v) is 17.4. The van der Waals surface area contributed by atoms with Crippen LogP contribution >= 0.6 is 15.9 Å². The van der Waals surface area contributed by atoms with Crippen molar-refractivity contribution in [2.75, 3.05) is 23.9 Å². The molecule has 1 saturated heterocycles. The lowest BCUT2D eigenvalue weighted by atomic mass is 9.82. The van der Waals surface area contributed by atoms with Gasteiger partial charge in [-0.3, -0.25) is 9.59 Å². The topological polar surface area (TPSA) is 88.1 Å². The molecule has 216 valence electrons. The van der Waals surface area contributed by atoms with Gasteiger partial charge in [-0.15, -0.1) is 0 Å². The minimum Gasteiger partial charge on any atom is -0.497 e. The van der Waals surface area contributed by atoms with Gasteiger partial charge >= 0.3 is 0 Å². The number of hydrogen-bond acceptors (Lipinski definition) is 5. The van der Waals surface area contributed by atoms with Gasteiger partial charge in [0.25, 0.3) is 11.8 Å². The molecule has 0 aliphatic carbocycles. The highest BCUT2D eigenvalue weighted by Crippen LogP contribution is 2.60. The van der Waals surface area contributed by atoms with E-state index in [0.717, 1.165) is 21.3 Å². The van der Waals surface area contributed by atoms with Crippen LogP contribution in [0.5, 0.6) is 5.75 Å². The summed E-state index contributed by atoms with van der Waals surface area (Å²) in [7, 11) is -1.68. The molecule has 5 rings (SSSR count). The van der Waals surface area contributed by atoms with Crippen LogP contribution < -0.4 is 15.0 Å². The molecule has 3 aromatic carbocycles. The standard InChI is InChI=1S/C31H34BrFN2O5Si/c1-19-28(41(3,4)33)27(15-16-36)40-31(19)25-17-22(32)9-14-26(25)35(30(31)38)18-20-5-10-23(11-6-20)34-29(37)21-7-12-24(39-2)13-8-21/h5-14,17,19,27-28,36H,15-16,18H2,1-4H3,(H,34,37)/t19-,27+,28-,31+/m1/s1. The summed E-state index contributed by atoms with van der Waals surface area (Å²) < 4.78 is 28.2. The van der Waals surface area contributed by atoms with Gasteiger partial charge < -0.3 is 28.9 Å². The average molecular weight is 642 g/mol. The molecule has 0 bridgehead atoms. The number of nitrogens with zero attached hydrogens (tertiary/aromatic N) is 1. The second-order valence-corrected chi connectivity index (χ2v) is 15.9. The Kier molecular flexibility index (Phi) is 8.13. The van der Waals surface area contributed by atoms with Crippen molar-refractivity contribution in [3.05, 3.63) is 87.9 Å². The van der Waals surface area contributed by atoms with Gasteiger partial charge in [0.2, 0.25) is 8.41 Å². The molecule has 7 nitrogen and oxygen atoms in total. The zero-order chi connectivity index (χ0) is 29.5. The molecule has 0 radical (unpaired) electrons. The third kappa shape index (κ3) is 5.34. The van der Waals surface area contributed by atoms with Crippen molar-refractivity contribution in [3.8, 4) is 5.75 Å². The van der Waals surface area contributed by atoms with Crippen molar-refractivity contribution >= 4 is 47.5 Å². The van der Waals surface area contributed by atoms with E-state index in [1.807, 2.05) is 37.3 Å². The molecule has 2 heterocycles. The number of rotatable bonds is 8. The van der Waals surface area contributed by atoms with Gasteiger partial charge in [0.05, 0.1) is 25.4 Å². The van der Waals surface area contributed by atoms with Gasteiger partial charge in [-0.2, -0.15) is 0 Å². The van der Waals surface area contributed by atoms with Gasteiger partial charge in [0.15, 0.2) is 5.60 Å². The molecule has 0 unspecified atom stereocenters. The quantitative estimate of drug-likeness (QED) is 0.219. The average Bonchev–Trinajstić information content (AvgIpc) is 3.36. The first-order chi connectivity index (χ1) is 19.5. The molecule has 2 N–H and O–H groups in total. The van der Waals surface area contributed by atoms with Crippen molar-refractivity contribution in [2.45, 2.75) is 50.2 Å². The van der Waals surface area contributed by atoms with Crippen molar-refractivity contribution in [3.63, 3.8) is 0 Å². The van der Waals surface area contributed by atoms with E-state index >= 15 is 4.11 Å². The van der Waals surface area contributed by atoms with E-state index < -0.39 is 31.6 Å². The fraction of sp³-hybridized carbons (Fsp3) is 0.355. The predicted octanol–water partition coefficient (Wildman–Crippen LogP) is 6.41. The molecular weight excluding hydrogens is 607 g/mol. The smallest absolute Gasteiger partial charge is 0.264 e. The lowest BCUT2D eigenvalue weighted by Gasteiger charge is -2.31. The first kappa shape index (κ1) is 29.4. The number of anilines is 2. The van der Waals surface area contributed by atoms with Crippen LogP contribution in [0.3, 0.4) is 0 Å². The number of carbonyl (C=O) groups is 2. The van der Waals surface area contributed by atoms with E-state index in [4.69, 9.17) is 9.47 Å². The second-order valence-electron chi connectivity index (χ2n) is 11.2. The fourth-order valence-electron chi connectivity index (χ4n) is 6.40. The van der Waals surface area contributed by atoms with Crippen LogP contribution in [0.1, 0.15) is 34.8 Å². The number of carbonyl (C=O) groups excluding carboxylic acids is 2. The van der Waals surface area contributed by atoms with Crippen molar-refractivity contribution in [2.24, 2.45) is 5.92 Å². The summed E-state index contributed by atoms with van der Waals surface area (Å²) in [5.74, 6) is -0.203. The Morgan fingerprint density at radius 2 is 1.83 bits per heavy atom. The third-order valence-electron chi connectivity index (χ3n) is 8.24. The zero-order valence-electron chi connectivity index (χ0n) is 23.5. The molecule has 1 spiro atoms. The maximum atomic E-state index is 15.7. The summed E-state index contributed by atoms with van der Waals surface area (Å²) in [6, 6.07) is 19.9. The number of amides is 2. The Morgan fingerprint density at radius 1 is 1.15 bits per heavy atom. The number of hydrogen-bond donors (Lipinski definition) is 2. The van der Waals surface area contributed by atoms with Gasteiger partial charge in [0, 0.05) is 39.4 Å². The number of ether oxygens (including phenoxy) is 2. The van der Waals surface area contributed by atoms with E-state index in [0.29, 0.717) is 17.0 Å². The van der Waals surface area contributed by atoms with E-state index in [1.165, 1.54) is 0 Å². The molecule has 0 aromatic heterocycles. The lowest BCUT2D eigenvalue weighted by molar-refractivity contribution is -0.146. The minimum absolute atomic E-state index is 0.140. The summed E-state index contributed by atoms with van der Waals surface area (Å²) in [5, 5.41) is 12.6. The van der Waals surface area contributed by atoms with Crippen LogP contribution in [0, 0.1) is 5.92 Å². The third-order valence-corrected chi connectivity index (χ3v) is 11.2. The van der Waals surface area contributed by atoms with E-state index in [9.17, 15) is 14.7 Å². The lowest BCUT2D eigenvalue weighted by Crippen LogP contribution is -2.45. The molecule has 2 aliphatic rings. The SMILES string of the molecule is COc1ccc(C(=O)Nc2ccc(CN3C(=O)[C@@]4(O[C@@H](CCO)[C@H]([Si](C)(C)F)[C@H]4C)c4cc(Br)ccc43)cc2)cc1. The Labute approximate surface area is 249 Å². The highest BCUT2D eigenvalue weighted by Gasteiger charge is 2.66. The van der Waals surface area contributed by atoms with Crippen molar-refractivity contribution in [1.29, 1.82) is 0 Å². The largest absolute Gasteiger partial charge is 0.497 e. The Balaban J connectivity index is 1.40. The molecular formula is C31H34BrFN2O5Si. The van der Waals surface area contributed by atoms with Gasteiger partial charge in [-0.1, -0.05) is 35.0 Å². The molecule has 0 saturated carbocycles. The minimum atomic E-state index is -3.25. The fourth-order valence-corrected chi connectivity index (χ4v) is 9.30. The van der Waals surface area contributed by atoms with Crippen LogP contribution in [-0.2, 0) is 21.7 Å². The number of aliphatic hydroxyl groups is 1. The van der Waals surface area contributed by atoms with Crippen molar-refractivity contribution < 1.29 is 28.3 Å². The molecule has 41 heavy (non-hydrogen) atoms. The number of methoxy groups -OCH3 is 1. The van der Waals surface area contributed by atoms with Gasteiger partial charge in [-0.25, -0.2) is 0 Å². The van der Waals surface area contributed by atoms with Crippen LogP contribution in [0.15, 0.2) is 71.2 Å². The monoisotopic (exact) mass is 640 g/mol. The highest BCUT2D eigenvalue weighted by atomic mass is 79.9. The van der Waals surface area contributed by atoms with Gasteiger partial charge in [0.1, 0.15) is 5.75 Å². The first-order valence-electron chi connectivity index (χ1n) is 13.6. The number of benzene rings is 3. The Bertz CT molecular complexity index is 1450. The second kappa shape index (κ2) is 11.3. The normalized spacial score (nSPS) is 23.6. The maximum absolute atomic E-state index is 15.7. The molecule has 3 aromatic rings. The molecule has 4 atom stereocenters. The molecule has 10 heteroatoms. The van der Waals surface area contributed by atoms with E-state index in [-0.39, 0.29) is 31.4 Å². The Hall–Kier alpha value is -3.05. The number of nitrogens with one attached hydrogen (secondary N) is 1. The summed E-state index contributed by atoms with van der Waals surface area (Å²) in [5.41, 5.74) is 1.67. The van der Waals surface area contributed by atoms with E-state index in [2.05, 4.69) is 21.2 Å². The van der Waals surface area contributed by atoms with E-state index in [1.54, 1.807) is 61.5 Å².